The molecular weight excluding hydrogens is 361 g/mol. The van der Waals surface area contributed by atoms with Gasteiger partial charge in [0, 0.05) is 5.02 Å². The van der Waals surface area contributed by atoms with E-state index in [0.717, 1.165) is 6.92 Å². The molecule has 0 saturated heterocycles. The standard InChI is InChI=1S/C11H10ClF3O2.C6H4O2/c1-6(11(13,14)15)9(10(16)17)7-2-4-8(12)5-3-7;7-5-1-2-6(8)4-3-5/h2-6,9H,1H3,(H,16,17);1-4H/t6-,9+;/m1./s1. The van der Waals surface area contributed by atoms with Gasteiger partial charge in [-0.1, -0.05) is 30.7 Å². The zero-order chi connectivity index (χ0) is 19.2. The Balaban J connectivity index is 0.000000324. The Bertz CT molecular complexity index is 668. The third-order valence-corrected chi connectivity index (χ3v) is 3.59. The van der Waals surface area contributed by atoms with E-state index in [1.54, 1.807) is 0 Å². The van der Waals surface area contributed by atoms with E-state index in [-0.39, 0.29) is 17.1 Å². The number of benzene rings is 1. The first-order valence-electron chi connectivity index (χ1n) is 7.01. The van der Waals surface area contributed by atoms with Crippen molar-refractivity contribution in [3.63, 3.8) is 0 Å². The number of carbonyl (C=O) groups excluding carboxylic acids is 2. The van der Waals surface area contributed by atoms with Crippen LogP contribution in [0, 0.1) is 5.92 Å². The number of aliphatic carboxylic acids is 1. The number of hydrogen-bond donors (Lipinski definition) is 1. The van der Waals surface area contributed by atoms with Crippen LogP contribution >= 0.6 is 11.6 Å². The van der Waals surface area contributed by atoms with E-state index in [1.165, 1.54) is 48.6 Å². The highest BCUT2D eigenvalue weighted by atomic mass is 35.5. The lowest BCUT2D eigenvalue weighted by molar-refractivity contribution is -0.183. The summed E-state index contributed by atoms with van der Waals surface area (Å²) < 4.78 is 37.6. The van der Waals surface area contributed by atoms with Crippen LogP contribution in [0.15, 0.2) is 48.6 Å². The predicted octanol–water partition coefficient (Wildman–Crippen LogP) is 3.96. The molecule has 0 heterocycles. The maximum atomic E-state index is 12.5. The SMILES string of the molecule is C[C@H]([C@H](C(=O)O)c1ccc(Cl)cc1)C(F)(F)F.O=C1C=CC(=O)C=C1. The molecule has 1 aliphatic carbocycles. The smallest absolute Gasteiger partial charge is 0.392 e. The van der Waals surface area contributed by atoms with Gasteiger partial charge in [0.1, 0.15) is 0 Å². The summed E-state index contributed by atoms with van der Waals surface area (Å²) in [5.41, 5.74) is 0.0896. The van der Waals surface area contributed by atoms with Crippen molar-refractivity contribution in [2.75, 3.05) is 0 Å². The summed E-state index contributed by atoms with van der Waals surface area (Å²) in [5.74, 6) is -5.32. The molecule has 0 saturated carbocycles. The largest absolute Gasteiger partial charge is 0.481 e. The molecule has 0 aliphatic heterocycles. The van der Waals surface area contributed by atoms with E-state index in [4.69, 9.17) is 16.7 Å². The number of halogens is 4. The number of ketones is 2. The zero-order valence-corrected chi connectivity index (χ0v) is 13.7. The predicted molar refractivity (Wildman–Crippen MR) is 85.3 cm³/mol. The van der Waals surface area contributed by atoms with Gasteiger partial charge in [-0.2, -0.15) is 13.2 Å². The molecule has 0 unspecified atom stereocenters. The molecule has 0 bridgehead atoms. The summed E-state index contributed by atoms with van der Waals surface area (Å²) in [6, 6.07) is 5.33. The number of carboxylic acids is 1. The van der Waals surface area contributed by atoms with Gasteiger partial charge in [0.05, 0.1) is 11.8 Å². The Labute approximate surface area is 146 Å². The van der Waals surface area contributed by atoms with Gasteiger partial charge in [-0.15, -0.1) is 0 Å². The van der Waals surface area contributed by atoms with Crippen LogP contribution in [0.2, 0.25) is 5.02 Å². The second kappa shape index (κ2) is 8.62. The summed E-state index contributed by atoms with van der Waals surface area (Å²) in [6.45, 7) is 0.855. The highest BCUT2D eigenvalue weighted by molar-refractivity contribution is 6.30. The summed E-state index contributed by atoms with van der Waals surface area (Å²) in [6.07, 6.45) is 0.456. The first-order chi connectivity index (χ1) is 11.5. The van der Waals surface area contributed by atoms with E-state index in [1.807, 2.05) is 0 Å². The molecule has 0 radical (unpaired) electrons. The first-order valence-corrected chi connectivity index (χ1v) is 7.39. The van der Waals surface area contributed by atoms with Gasteiger partial charge in [-0.05, 0) is 42.0 Å². The van der Waals surface area contributed by atoms with Gasteiger partial charge in [0.15, 0.2) is 11.6 Å². The highest BCUT2D eigenvalue weighted by Gasteiger charge is 2.44. The molecule has 0 spiro atoms. The lowest BCUT2D eigenvalue weighted by Gasteiger charge is -2.23. The quantitative estimate of drug-likeness (QED) is 0.813. The zero-order valence-electron chi connectivity index (χ0n) is 13.0. The van der Waals surface area contributed by atoms with Crippen LogP contribution in [0.25, 0.3) is 0 Å². The van der Waals surface area contributed by atoms with E-state index in [9.17, 15) is 27.6 Å². The average Bonchev–Trinajstić information content (AvgIpc) is 2.52. The minimum Gasteiger partial charge on any atom is -0.481 e. The summed E-state index contributed by atoms with van der Waals surface area (Å²) in [4.78, 5) is 31.5. The molecule has 25 heavy (non-hydrogen) atoms. The normalized spacial score (nSPS) is 16.0. The number of carboxylic acid groups (broad SMARTS) is 1. The number of carbonyl (C=O) groups is 3. The fourth-order valence-corrected chi connectivity index (χ4v) is 2.07. The molecule has 1 aromatic carbocycles. The molecule has 0 aromatic heterocycles. The number of allylic oxidation sites excluding steroid dienone is 4. The van der Waals surface area contributed by atoms with Crippen LogP contribution in [0.1, 0.15) is 18.4 Å². The topological polar surface area (TPSA) is 71.4 Å². The van der Waals surface area contributed by atoms with E-state index >= 15 is 0 Å². The first kappa shape index (κ1) is 20.6. The van der Waals surface area contributed by atoms with Gasteiger partial charge >= 0.3 is 12.1 Å². The monoisotopic (exact) mass is 374 g/mol. The minimum atomic E-state index is -4.55. The maximum Gasteiger partial charge on any atom is 0.392 e. The highest BCUT2D eigenvalue weighted by Crippen LogP contribution is 2.37. The van der Waals surface area contributed by atoms with Crippen molar-refractivity contribution >= 4 is 29.1 Å². The van der Waals surface area contributed by atoms with Crippen LogP contribution in [0.5, 0.6) is 0 Å². The molecule has 134 valence electrons. The van der Waals surface area contributed by atoms with E-state index < -0.39 is 24.0 Å². The van der Waals surface area contributed by atoms with Crippen LogP contribution in [-0.4, -0.2) is 28.8 Å². The minimum absolute atomic E-state index is 0.0896. The molecule has 8 heteroatoms. The Morgan fingerprint density at radius 1 is 1.00 bits per heavy atom. The molecule has 1 N–H and O–H groups in total. The molecular formula is C17H14ClF3O4. The van der Waals surface area contributed by atoms with Crippen molar-refractivity contribution in [2.45, 2.75) is 19.0 Å². The van der Waals surface area contributed by atoms with Crippen molar-refractivity contribution in [3.05, 3.63) is 59.2 Å². The Hall–Kier alpha value is -2.41. The lowest BCUT2D eigenvalue weighted by Crippen LogP contribution is -2.31. The lowest BCUT2D eigenvalue weighted by atomic mass is 9.87. The summed E-state index contributed by atoms with van der Waals surface area (Å²) >= 11 is 5.60. The fraction of sp³-hybridized carbons (Fsp3) is 0.235. The molecule has 2 rings (SSSR count). The van der Waals surface area contributed by atoms with Gasteiger partial charge in [0.25, 0.3) is 0 Å². The van der Waals surface area contributed by atoms with Crippen molar-refractivity contribution in [3.8, 4) is 0 Å². The van der Waals surface area contributed by atoms with Crippen molar-refractivity contribution < 1.29 is 32.7 Å². The van der Waals surface area contributed by atoms with Crippen LogP contribution in [-0.2, 0) is 14.4 Å². The maximum absolute atomic E-state index is 12.5. The summed E-state index contributed by atoms with van der Waals surface area (Å²) in [5, 5.41) is 9.24. The van der Waals surface area contributed by atoms with Gasteiger partial charge in [0.2, 0.25) is 0 Å². The van der Waals surface area contributed by atoms with E-state index in [0.29, 0.717) is 5.02 Å². The Morgan fingerprint density at radius 2 is 1.40 bits per heavy atom. The van der Waals surface area contributed by atoms with Crippen LogP contribution in [0.4, 0.5) is 13.2 Å². The molecule has 2 atom stereocenters. The second-order valence-electron chi connectivity index (χ2n) is 5.17. The van der Waals surface area contributed by atoms with Crippen molar-refractivity contribution in [2.24, 2.45) is 5.92 Å². The van der Waals surface area contributed by atoms with Gasteiger partial charge in [-0.25, -0.2) is 0 Å². The van der Waals surface area contributed by atoms with Gasteiger partial charge < -0.3 is 5.11 Å². The molecule has 0 fully saturated rings. The molecule has 0 amide bonds. The van der Waals surface area contributed by atoms with Gasteiger partial charge in [-0.3, -0.25) is 14.4 Å². The van der Waals surface area contributed by atoms with Crippen LogP contribution < -0.4 is 0 Å². The third-order valence-electron chi connectivity index (χ3n) is 3.34. The van der Waals surface area contributed by atoms with Crippen molar-refractivity contribution in [1.82, 2.24) is 0 Å². The molecule has 1 aliphatic rings. The summed E-state index contributed by atoms with van der Waals surface area (Å²) in [7, 11) is 0. The number of alkyl halides is 3. The molecule has 4 nitrogen and oxygen atoms in total. The Morgan fingerprint density at radius 3 is 1.72 bits per heavy atom. The van der Waals surface area contributed by atoms with Crippen LogP contribution in [0.3, 0.4) is 0 Å². The van der Waals surface area contributed by atoms with Crippen molar-refractivity contribution in [1.29, 1.82) is 0 Å². The second-order valence-corrected chi connectivity index (χ2v) is 5.61. The fourth-order valence-electron chi connectivity index (χ4n) is 1.94. The Kier molecular flexibility index (Phi) is 7.11. The average molecular weight is 375 g/mol. The number of rotatable bonds is 3. The third kappa shape index (κ3) is 6.54. The number of hydrogen-bond acceptors (Lipinski definition) is 3. The van der Waals surface area contributed by atoms with E-state index in [2.05, 4.69) is 0 Å². The molecule has 1 aromatic rings.